The minimum atomic E-state index is -0.0801. The molecule has 7 heteroatoms. The molecule has 4 rings (SSSR count). The average Bonchev–Trinajstić information content (AvgIpc) is 3.26. The Labute approximate surface area is 186 Å². The zero-order valence-electron chi connectivity index (χ0n) is 17.0. The van der Waals surface area contributed by atoms with Crippen LogP contribution in [0.1, 0.15) is 12.8 Å². The molecule has 2 amide bonds. The van der Waals surface area contributed by atoms with Crippen LogP contribution >= 0.6 is 11.6 Å². The van der Waals surface area contributed by atoms with E-state index in [4.69, 9.17) is 21.1 Å². The maximum Gasteiger partial charge on any atom is 0.321 e. The maximum absolute atomic E-state index is 12.4. The van der Waals surface area contributed by atoms with Crippen LogP contribution in [0.25, 0.3) is 0 Å². The number of nitrogens with one attached hydrogen (secondary N) is 1. The van der Waals surface area contributed by atoms with Gasteiger partial charge in [0.15, 0.2) is 0 Å². The van der Waals surface area contributed by atoms with E-state index in [1.807, 2.05) is 47.4 Å². The Bertz CT molecular complexity index is 998. The van der Waals surface area contributed by atoms with Crippen molar-refractivity contribution in [2.75, 3.05) is 25.0 Å². The van der Waals surface area contributed by atoms with Gasteiger partial charge in [-0.1, -0.05) is 17.7 Å². The molecule has 2 aromatic carbocycles. The molecule has 1 aliphatic heterocycles. The second-order valence-corrected chi connectivity index (χ2v) is 7.88. The van der Waals surface area contributed by atoms with E-state index in [9.17, 15) is 4.79 Å². The largest absolute Gasteiger partial charge is 0.493 e. The van der Waals surface area contributed by atoms with Crippen molar-refractivity contribution in [2.24, 2.45) is 5.92 Å². The zero-order valence-corrected chi connectivity index (χ0v) is 17.8. The molecule has 31 heavy (non-hydrogen) atoms. The highest BCUT2D eigenvalue weighted by Crippen LogP contribution is 2.27. The van der Waals surface area contributed by atoms with Crippen LogP contribution in [0.5, 0.6) is 17.2 Å². The van der Waals surface area contributed by atoms with Crippen LogP contribution in [0.4, 0.5) is 10.5 Å². The highest BCUT2D eigenvalue weighted by atomic mass is 35.5. The van der Waals surface area contributed by atoms with Crippen molar-refractivity contribution in [3.05, 3.63) is 78.1 Å². The molecule has 6 nitrogen and oxygen atoms in total. The van der Waals surface area contributed by atoms with Crippen LogP contribution in [0.3, 0.4) is 0 Å². The number of anilines is 1. The van der Waals surface area contributed by atoms with Crippen LogP contribution in [0, 0.1) is 5.92 Å². The van der Waals surface area contributed by atoms with Crippen molar-refractivity contribution in [1.82, 2.24) is 9.88 Å². The topological polar surface area (TPSA) is 63.7 Å². The van der Waals surface area contributed by atoms with E-state index in [-0.39, 0.29) is 6.03 Å². The normalized spacial score (nSPS) is 15.5. The highest BCUT2D eigenvalue weighted by molar-refractivity contribution is 6.30. The summed E-state index contributed by atoms with van der Waals surface area (Å²) in [7, 11) is 0. The van der Waals surface area contributed by atoms with E-state index in [2.05, 4.69) is 10.3 Å². The minimum Gasteiger partial charge on any atom is -0.493 e. The van der Waals surface area contributed by atoms with Crippen molar-refractivity contribution in [2.45, 2.75) is 12.8 Å². The quantitative estimate of drug-likeness (QED) is 0.503. The lowest BCUT2D eigenvalue weighted by molar-refractivity contribution is 0.218. The summed E-state index contributed by atoms with van der Waals surface area (Å²) < 4.78 is 11.8. The molecule has 1 atom stereocenters. The molecule has 3 aromatic rings. The molecular weight excluding hydrogens is 414 g/mol. The van der Waals surface area contributed by atoms with Gasteiger partial charge < -0.3 is 19.7 Å². The van der Waals surface area contributed by atoms with Gasteiger partial charge in [0.05, 0.1) is 18.5 Å². The Morgan fingerprint density at radius 2 is 1.94 bits per heavy atom. The van der Waals surface area contributed by atoms with Gasteiger partial charge in [-0.05, 0) is 67.3 Å². The smallest absolute Gasteiger partial charge is 0.321 e. The third-order valence-corrected chi connectivity index (χ3v) is 5.39. The molecule has 1 unspecified atom stereocenters. The Morgan fingerprint density at radius 1 is 1.10 bits per heavy atom. The summed E-state index contributed by atoms with van der Waals surface area (Å²) in [5.74, 6) is 2.61. The number of urea groups is 1. The molecule has 0 bridgehead atoms. The summed E-state index contributed by atoms with van der Waals surface area (Å²) in [5, 5.41) is 3.56. The number of hydrogen-bond acceptors (Lipinski definition) is 4. The van der Waals surface area contributed by atoms with Crippen molar-refractivity contribution in [3.63, 3.8) is 0 Å². The summed E-state index contributed by atoms with van der Waals surface area (Å²) in [6, 6.07) is 18.4. The minimum absolute atomic E-state index is 0.0801. The molecule has 0 spiro atoms. The SMILES string of the molecule is O=C(Nc1cccnc1)N1CCC(CCOc2cccc(Oc3ccc(Cl)cc3)c2)C1. The third kappa shape index (κ3) is 6.12. The van der Waals surface area contributed by atoms with Crippen LogP contribution in [-0.2, 0) is 0 Å². The lowest BCUT2D eigenvalue weighted by Gasteiger charge is -2.17. The van der Waals surface area contributed by atoms with Gasteiger partial charge >= 0.3 is 6.03 Å². The second-order valence-electron chi connectivity index (χ2n) is 7.44. The summed E-state index contributed by atoms with van der Waals surface area (Å²) >= 11 is 5.91. The Hall–Kier alpha value is -3.25. The molecule has 2 heterocycles. The number of nitrogens with zero attached hydrogens (tertiary/aromatic N) is 2. The fourth-order valence-corrected chi connectivity index (χ4v) is 3.63. The van der Waals surface area contributed by atoms with Gasteiger partial charge in [0, 0.05) is 30.4 Å². The molecule has 0 radical (unpaired) electrons. The van der Waals surface area contributed by atoms with E-state index in [1.54, 1.807) is 30.6 Å². The van der Waals surface area contributed by atoms with Gasteiger partial charge in [-0.2, -0.15) is 0 Å². The summed E-state index contributed by atoms with van der Waals surface area (Å²) in [6.07, 6.45) is 5.19. The van der Waals surface area contributed by atoms with E-state index in [1.165, 1.54) is 0 Å². The number of carbonyl (C=O) groups is 1. The predicted octanol–water partition coefficient (Wildman–Crippen LogP) is 5.85. The lowest BCUT2D eigenvalue weighted by atomic mass is 10.1. The highest BCUT2D eigenvalue weighted by Gasteiger charge is 2.26. The first kappa shape index (κ1) is 21.0. The molecule has 1 N–H and O–H groups in total. The summed E-state index contributed by atoms with van der Waals surface area (Å²) in [5.41, 5.74) is 0.708. The van der Waals surface area contributed by atoms with Gasteiger partial charge in [-0.3, -0.25) is 4.98 Å². The van der Waals surface area contributed by atoms with Gasteiger partial charge in [-0.15, -0.1) is 0 Å². The monoisotopic (exact) mass is 437 g/mol. The zero-order chi connectivity index (χ0) is 21.5. The fraction of sp³-hybridized carbons (Fsp3) is 0.250. The van der Waals surface area contributed by atoms with E-state index in [0.29, 0.717) is 29.0 Å². The van der Waals surface area contributed by atoms with Gasteiger partial charge in [-0.25, -0.2) is 4.79 Å². The molecule has 1 aliphatic rings. The van der Waals surface area contributed by atoms with E-state index < -0.39 is 0 Å². The second kappa shape index (κ2) is 10.2. The lowest BCUT2D eigenvalue weighted by Crippen LogP contribution is -2.33. The van der Waals surface area contributed by atoms with Gasteiger partial charge in [0.1, 0.15) is 17.2 Å². The molecule has 160 valence electrons. The first-order chi connectivity index (χ1) is 15.2. The van der Waals surface area contributed by atoms with Crippen LogP contribution < -0.4 is 14.8 Å². The molecule has 1 aromatic heterocycles. The van der Waals surface area contributed by atoms with E-state index in [0.717, 1.165) is 37.4 Å². The number of amides is 2. The van der Waals surface area contributed by atoms with Gasteiger partial charge in [0.25, 0.3) is 0 Å². The Balaban J connectivity index is 1.22. The van der Waals surface area contributed by atoms with Crippen molar-refractivity contribution >= 4 is 23.3 Å². The number of aromatic nitrogens is 1. The number of halogens is 1. The number of ether oxygens (including phenoxy) is 2. The van der Waals surface area contributed by atoms with Crippen molar-refractivity contribution < 1.29 is 14.3 Å². The number of carbonyl (C=O) groups excluding carboxylic acids is 1. The fourth-order valence-electron chi connectivity index (χ4n) is 3.50. The Kier molecular flexibility index (Phi) is 6.89. The van der Waals surface area contributed by atoms with Crippen molar-refractivity contribution in [1.29, 1.82) is 0 Å². The number of likely N-dealkylation sites (tertiary alicyclic amines) is 1. The molecular formula is C24H24ClN3O3. The molecule has 1 saturated heterocycles. The molecule has 0 saturated carbocycles. The Morgan fingerprint density at radius 3 is 2.74 bits per heavy atom. The number of pyridine rings is 1. The van der Waals surface area contributed by atoms with Crippen LogP contribution in [0.2, 0.25) is 5.02 Å². The van der Waals surface area contributed by atoms with Crippen LogP contribution in [-0.4, -0.2) is 35.6 Å². The maximum atomic E-state index is 12.4. The summed E-state index contributed by atoms with van der Waals surface area (Å²) in [4.78, 5) is 18.3. The number of benzene rings is 2. The summed E-state index contributed by atoms with van der Waals surface area (Å²) in [6.45, 7) is 2.07. The predicted molar refractivity (Wildman–Crippen MR) is 121 cm³/mol. The van der Waals surface area contributed by atoms with Crippen LogP contribution in [0.15, 0.2) is 73.1 Å². The standard InChI is InChI=1S/C24H24ClN3O3/c25-19-6-8-21(9-7-19)31-23-5-1-4-22(15-23)30-14-11-18-10-13-28(17-18)24(29)27-20-3-2-12-26-16-20/h1-9,12,15-16,18H,10-11,13-14,17H2,(H,27,29). The average molecular weight is 438 g/mol. The first-order valence-corrected chi connectivity index (χ1v) is 10.7. The number of hydrogen-bond donors (Lipinski definition) is 1. The number of rotatable bonds is 7. The van der Waals surface area contributed by atoms with E-state index >= 15 is 0 Å². The first-order valence-electron chi connectivity index (χ1n) is 10.3. The third-order valence-electron chi connectivity index (χ3n) is 5.14. The van der Waals surface area contributed by atoms with Crippen molar-refractivity contribution in [3.8, 4) is 17.2 Å². The molecule has 0 aliphatic carbocycles. The molecule has 1 fully saturated rings. The van der Waals surface area contributed by atoms with Gasteiger partial charge in [0.2, 0.25) is 0 Å².